The number of benzene rings is 2. The molecule has 0 bridgehead atoms. The molecule has 4 nitrogen and oxygen atoms in total. The van der Waals surface area contributed by atoms with Crippen molar-refractivity contribution in [2.45, 2.75) is 33.4 Å². The van der Waals surface area contributed by atoms with Gasteiger partial charge in [-0.3, -0.25) is 4.79 Å². The highest BCUT2D eigenvalue weighted by Crippen LogP contribution is 2.28. The number of hydrogen-bond acceptors (Lipinski definition) is 3. The van der Waals surface area contributed by atoms with Crippen molar-refractivity contribution in [1.29, 1.82) is 0 Å². The van der Waals surface area contributed by atoms with Gasteiger partial charge in [0.05, 0.1) is 6.61 Å². The Hall–Kier alpha value is -2.33. The lowest BCUT2D eigenvalue weighted by Gasteiger charge is -2.29. The van der Waals surface area contributed by atoms with Gasteiger partial charge in [0.25, 0.3) is 5.91 Å². The van der Waals surface area contributed by atoms with Gasteiger partial charge >= 0.3 is 0 Å². The first-order chi connectivity index (χ1) is 11.1. The molecular formula is C19H21NO3. The molecule has 2 aromatic carbocycles. The first-order valence-corrected chi connectivity index (χ1v) is 7.80. The molecule has 0 fully saturated rings. The zero-order valence-corrected chi connectivity index (χ0v) is 13.7. The van der Waals surface area contributed by atoms with E-state index in [1.807, 2.05) is 68.1 Å². The third kappa shape index (κ3) is 3.08. The number of amides is 1. The number of fused-ring (bicyclic) bond motifs is 1. The second-order valence-corrected chi connectivity index (χ2v) is 5.99. The molecule has 1 heterocycles. The summed E-state index contributed by atoms with van der Waals surface area (Å²) in [6, 6.07) is 13.5. The van der Waals surface area contributed by atoms with Gasteiger partial charge in [0.1, 0.15) is 5.75 Å². The third-order valence-corrected chi connectivity index (χ3v) is 3.97. The van der Waals surface area contributed by atoms with Crippen molar-refractivity contribution in [3.8, 4) is 5.75 Å². The molecule has 2 aromatic rings. The van der Waals surface area contributed by atoms with Crippen LogP contribution in [0, 0.1) is 6.92 Å². The fourth-order valence-electron chi connectivity index (χ4n) is 2.82. The fourth-order valence-corrected chi connectivity index (χ4v) is 2.82. The Kier molecular flexibility index (Phi) is 4.35. The van der Waals surface area contributed by atoms with Gasteiger partial charge in [0, 0.05) is 22.9 Å². The van der Waals surface area contributed by atoms with E-state index < -0.39 is 0 Å². The Morgan fingerprint density at radius 3 is 2.70 bits per heavy atom. The minimum atomic E-state index is -0.0114. The Balaban J connectivity index is 1.98. The zero-order valence-electron chi connectivity index (χ0n) is 13.7. The summed E-state index contributed by atoms with van der Waals surface area (Å²) in [5, 5.41) is 0. The Morgan fingerprint density at radius 1 is 1.17 bits per heavy atom. The lowest BCUT2D eigenvalue weighted by molar-refractivity contribution is -0.0163. The molecular weight excluding hydrogens is 290 g/mol. The number of carbonyl (C=O) groups excluding carboxylic acids is 1. The predicted octanol–water partition coefficient (Wildman–Crippen LogP) is 3.92. The highest BCUT2D eigenvalue weighted by atomic mass is 16.7. The molecule has 120 valence electrons. The summed E-state index contributed by atoms with van der Waals surface area (Å²) >= 11 is 0. The molecule has 1 amide bonds. The summed E-state index contributed by atoms with van der Waals surface area (Å²) in [6.45, 7) is 6.81. The van der Waals surface area contributed by atoms with E-state index in [1.165, 1.54) is 0 Å². The molecule has 1 aliphatic heterocycles. The average molecular weight is 311 g/mol. The average Bonchev–Trinajstić information content (AvgIpc) is 2.56. The molecule has 0 N–H and O–H groups in total. The van der Waals surface area contributed by atoms with E-state index in [9.17, 15) is 4.79 Å². The smallest absolute Gasteiger partial charge is 0.258 e. The Morgan fingerprint density at radius 2 is 1.96 bits per heavy atom. The maximum Gasteiger partial charge on any atom is 0.258 e. The van der Waals surface area contributed by atoms with Crippen LogP contribution in [-0.2, 0) is 11.3 Å². The molecule has 0 saturated carbocycles. The van der Waals surface area contributed by atoms with Gasteiger partial charge < -0.3 is 14.4 Å². The summed E-state index contributed by atoms with van der Waals surface area (Å²) in [7, 11) is 0. The van der Waals surface area contributed by atoms with Crippen molar-refractivity contribution in [3.63, 3.8) is 0 Å². The van der Waals surface area contributed by atoms with E-state index in [0.717, 1.165) is 22.6 Å². The van der Waals surface area contributed by atoms with Crippen molar-refractivity contribution < 1.29 is 14.3 Å². The van der Waals surface area contributed by atoms with E-state index in [1.54, 1.807) is 0 Å². The van der Waals surface area contributed by atoms with Crippen LogP contribution in [0.15, 0.2) is 42.5 Å². The highest BCUT2D eigenvalue weighted by Gasteiger charge is 2.23. The topological polar surface area (TPSA) is 38.8 Å². The molecule has 0 radical (unpaired) electrons. The number of rotatable bonds is 3. The van der Waals surface area contributed by atoms with Crippen LogP contribution in [0.2, 0.25) is 0 Å². The van der Waals surface area contributed by atoms with E-state index >= 15 is 0 Å². The zero-order chi connectivity index (χ0) is 16.4. The van der Waals surface area contributed by atoms with E-state index in [2.05, 4.69) is 0 Å². The number of hydrogen-bond donors (Lipinski definition) is 0. The standard InChI is InChI=1S/C19H21NO3/c1-13(2)20(17-7-5-4-6-14(17)3)19(21)15-8-9-18-16(10-15)11-22-12-23-18/h4-10,13H,11-12H2,1-3H3. The van der Waals surface area contributed by atoms with Crippen LogP contribution in [0.3, 0.4) is 0 Å². The fraction of sp³-hybridized carbons (Fsp3) is 0.316. The van der Waals surface area contributed by atoms with Crippen LogP contribution in [-0.4, -0.2) is 18.7 Å². The second-order valence-electron chi connectivity index (χ2n) is 5.99. The molecule has 0 saturated heterocycles. The molecule has 0 aliphatic carbocycles. The Labute approximate surface area is 136 Å². The summed E-state index contributed by atoms with van der Waals surface area (Å²) in [4.78, 5) is 14.9. The minimum Gasteiger partial charge on any atom is -0.467 e. The summed E-state index contributed by atoms with van der Waals surface area (Å²) in [5.74, 6) is 0.780. The molecule has 23 heavy (non-hydrogen) atoms. The van der Waals surface area contributed by atoms with Crippen molar-refractivity contribution in [3.05, 3.63) is 59.2 Å². The molecule has 4 heteroatoms. The molecule has 0 aromatic heterocycles. The van der Waals surface area contributed by atoms with E-state index in [-0.39, 0.29) is 18.7 Å². The van der Waals surface area contributed by atoms with Crippen molar-refractivity contribution in [2.75, 3.05) is 11.7 Å². The number of para-hydroxylation sites is 1. The van der Waals surface area contributed by atoms with Crippen LogP contribution in [0.5, 0.6) is 5.75 Å². The lowest BCUT2D eigenvalue weighted by atomic mass is 10.1. The first kappa shape index (κ1) is 15.6. The predicted molar refractivity (Wildman–Crippen MR) is 89.9 cm³/mol. The SMILES string of the molecule is Cc1ccccc1N(C(=O)c1ccc2c(c1)COCO2)C(C)C. The summed E-state index contributed by atoms with van der Waals surface area (Å²) in [6.07, 6.45) is 0. The Bertz CT molecular complexity index is 724. The lowest BCUT2D eigenvalue weighted by Crippen LogP contribution is -2.37. The van der Waals surface area contributed by atoms with Gasteiger partial charge in [-0.05, 0) is 50.6 Å². The van der Waals surface area contributed by atoms with Gasteiger partial charge in [0.15, 0.2) is 6.79 Å². The van der Waals surface area contributed by atoms with E-state index in [4.69, 9.17) is 9.47 Å². The maximum absolute atomic E-state index is 13.1. The monoisotopic (exact) mass is 311 g/mol. The number of carbonyl (C=O) groups is 1. The van der Waals surface area contributed by atoms with Crippen LogP contribution < -0.4 is 9.64 Å². The molecule has 1 aliphatic rings. The van der Waals surface area contributed by atoms with Crippen molar-refractivity contribution in [2.24, 2.45) is 0 Å². The van der Waals surface area contributed by atoms with Gasteiger partial charge in [-0.1, -0.05) is 18.2 Å². The quantitative estimate of drug-likeness (QED) is 0.862. The first-order valence-electron chi connectivity index (χ1n) is 7.80. The van der Waals surface area contributed by atoms with Crippen molar-refractivity contribution >= 4 is 11.6 Å². The maximum atomic E-state index is 13.1. The third-order valence-electron chi connectivity index (χ3n) is 3.97. The van der Waals surface area contributed by atoms with Gasteiger partial charge in [-0.25, -0.2) is 0 Å². The van der Waals surface area contributed by atoms with Crippen LogP contribution >= 0.6 is 0 Å². The summed E-state index contributed by atoms with van der Waals surface area (Å²) in [5.41, 5.74) is 3.59. The van der Waals surface area contributed by atoms with Gasteiger partial charge in [-0.2, -0.15) is 0 Å². The van der Waals surface area contributed by atoms with Gasteiger partial charge in [-0.15, -0.1) is 0 Å². The molecule has 0 atom stereocenters. The largest absolute Gasteiger partial charge is 0.467 e. The second kappa shape index (κ2) is 6.42. The van der Waals surface area contributed by atoms with Crippen molar-refractivity contribution in [1.82, 2.24) is 0 Å². The molecule has 0 unspecified atom stereocenters. The molecule has 0 spiro atoms. The molecule has 3 rings (SSSR count). The van der Waals surface area contributed by atoms with E-state index in [0.29, 0.717) is 12.2 Å². The van der Waals surface area contributed by atoms with Crippen LogP contribution in [0.1, 0.15) is 35.3 Å². The highest BCUT2D eigenvalue weighted by molar-refractivity contribution is 6.07. The normalized spacial score (nSPS) is 13.4. The van der Waals surface area contributed by atoms with Gasteiger partial charge in [0.2, 0.25) is 0 Å². The minimum absolute atomic E-state index is 0.0114. The number of anilines is 1. The summed E-state index contributed by atoms with van der Waals surface area (Å²) < 4.78 is 10.7. The number of ether oxygens (including phenoxy) is 2. The van der Waals surface area contributed by atoms with Crippen LogP contribution in [0.25, 0.3) is 0 Å². The number of nitrogens with zero attached hydrogens (tertiary/aromatic N) is 1. The number of aryl methyl sites for hydroxylation is 1. The van der Waals surface area contributed by atoms with Crippen LogP contribution in [0.4, 0.5) is 5.69 Å².